The van der Waals surface area contributed by atoms with Gasteiger partial charge in [-0.2, -0.15) is 0 Å². The number of aromatic nitrogens is 3. The van der Waals surface area contributed by atoms with Gasteiger partial charge in [0.15, 0.2) is 5.82 Å². The fraction of sp³-hybridized carbons (Fsp3) is 0.565. The number of hydrogen-bond donors (Lipinski definition) is 1. The van der Waals surface area contributed by atoms with Crippen molar-refractivity contribution in [2.75, 3.05) is 26.2 Å². The molecular weight excluding hydrogens is 410 g/mol. The lowest BCUT2D eigenvalue weighted by Crippen LogP contribution is -2.47. The average Bonchev–Trinajstić information content (AvgIpc) is 3.14. The maximum atomic E-state index is 13.0. The van der Waals surface area contributed by atoms with Crippen molar-refractivity contribution in [3.8, 4) is 0 Å². The van der Waals surface area contributed by atoms with Crippen LogP contribution in [0.1, 0.15) is 43.5 Å². The quantitative estimate of drug-likeness (QED) is 0.705. The molecule has 0 spiro atoms. The molecule has 174 valence electrons. The van der Waals surface area contributed by atoms with E-state index in [0.717, 1.165) is 37.7 Å². The molecule has 1 N–H and O–H groups in total. The Labute approximate surface area is 189 Å². The Hall–Kier alpha value is -2.78. The van der Waals surface area contributed by atoms with Crippen molar-refractivity contribution in [3.05, 3.63) is 47.5 Å². The van der Waals surface area contributed by atoms with Gasteiger partial charge < -0.3 is 19.3 Å². The number of fused-ring (bicyclic) bond motifs is 1. The van der Waals surface area contributed by atoms with Gasteiger partial charge >= 0.3 is 0 Å². The van der Waals surface area contributed by atoms with E-state index in [1.807, 2.05) is 17.9 Å². The second kappa shape index (κ2) is 11.2. The van der Waals surface area contributed by atoms with Crippen molar-refractivity contribution in [2.45, 2.75) is 58.4 Å². The lowest BCUT2D eigenvalue weighted by molar-refractivity contribution is -0.134. The molecule has 9 heteroatoms. The second-order valence-corrected chi connectivity index (χ2v) is 8.52. The van der Waals surface area contributed by atoms with Crippen molar-refractivity contribution in [1.29, 1.82) is 0 Å². The van der Waals surface area contributed by atoms with Gasteiger partial charge in [-0.3, -0.25) is 14.5 Å². The van der Waals surface area contributed by atoms with Crippen LogP contribution in [0, 0.1) is 6.92 Å². The molecule has 3 atom stereocenters. The number of aryl methyl sites for hydroxylation is 1. The van der Waals surface area contributed by atoms with E-state index < -0.39 is 0 Å². The van der Waals surface area contributed by atoms with Crippen molar-refractivity contribution >= 4 is 12.4 Å². The Morgan fingerprint density at radius 2 is 1.81 bits per heavy atom. The molecular formula is C23H33N5O4. The Balaban J connectivity index is 0.000000913. The van der Waals surface area contributed by atoms with Gasteiger partial charge in [0.2, 0.25) is 5.91 Å². The van der Waals surface area contributed by atoms with Crippen LogP contribution in [-0.4, -0.2) is 80.4 Å². The second-order valence-electron chi connectivity index (χ2n) is 8.52. The molecule has 1 amide bonds. The van der Waals surface area contributed by atoms with E-state index in [9.17, 15) is 4.79 Å². The van der Waals surface area contributed by atoms with Crippen molar-refractivity contribution in [3.63, 3.8) is 0 Å². The number of carboxylic acid groups (broad SMARTS) is 1. The van der Waals surface area contributed by atoms with E-state index in [1.54, 1.807) is 0 Å². The lowest BCUT2D eigenvalue weighted by Gasteiger charge is -2.37. The zero-order valence-corrected chi connectivity index (χ0v) is 19.1. The summed E-state index contributed by atoms with van der Waals surface area (Å²) in [6.45, 7) is 9.74. The minimum atomic E-state index is -0.250. The van der Waals surface area contributed by atoms with Gasteiger partial charge in [-0.1, -0.05) is 30.3 Å². The number of ether oxygens (including phenoxy) is 1. The van der Waals surface area contributed by atoms with Gasteiger partial charge in [0.25, 0.3) is 6.47 Å². The molecule has 0 bridgehead atoms. The Kier molecular flexibility index (Phi) is 8.35. The van der Waals surface area contributed by atoms with Crippen LogP contribution in [0.5, 0.6) is 0 Å². The zero-order chi connectivity index (χ0) is 23.1. The third-order valence-corrected chi connectivity index (χ3v) is 5.87. The van der Waals surface area contributed by atoms with Gasteiger partial charge in [-0.05, 0) is 32.8 Å². The molecule has 0 radical (unpaired) electrons. The van der Waals surface area contributed by atoms with Gasteiger partial charge in [0.05, 0.1) is 24.8 Å². The van der Waals surface area contributed by atoms with Crippen LogP contribution in [0.15, 0.2) is 30.3 Å². The summed E-state index contributed by atoms with van der Waals surface area (Å²) < 4.78 is 8.01. The van der Waals surface area contributed by atoms with Gasteiger partial charge in [0, 0.05) is 32.6 Å². The van der Waals surface area contributed by atoms with Crippen LogP contribution < -0.4 is 0 Å². The molecule has 0 aliphatic carbocycles. The Bertz CT molecular complexity index is 878. The van der Waals surface area contributed by atoms with E-state index in [0.29, 0.717) is 19.5 Å². The fourth-order valence-corrected chi connectivity index (χ4v) is 4.68. The highest BCUT2D eigenvalue weighted by Gasteiger charge is 2.31. The van der Waals surface area contributed by atoms with E-state index in [4.69, 9.17) is 14.6 Å². The van der Waals surface area contributed by atoms with Crippen LogP contribution in [0.25, 0.3) is 0 Å². The molecule has 2 aliphatic heterocycles. The van der Waals surface area contributed by atoms with Gasteiger partial charge in [0.1, 0.15) is 5.82 Å². The summed E-state index contributed by atoms with van der Waals surface area (Å²) in [5.74, 6) is 2.00. The molecule has 0 unspecified atom stereocenters. The maximum absolute atomic E-state index is 13.0. The number of morpholine rings is 1. The number of hydrogen-bond acceptors (Lipinski definition) is 6. The molecule has 3 heterocycles. The molecule has 4 rings (SSSR count). The molecule has 0 saturated carbocycles. The molecule has 2 aromatic rings. The first-order valence-corrected chi connectivity index (χ1v) is 11.1. The predicted octanol–water partition coefficient (Wildman–Crippen LogP) is 1.91. The number of amides is 1. The van der Waals surface area contributed by atoms with E-state index >= 15 is 0 Å². The standard InChI is InChI=1S/C22H31N5O2.CH2O2/c1-16-12-25(13-17(2)29-16)10-9-22(28)26-14-20(11-19-7-5-4-6-8-19)27-18(3)23-24-21(27)15-26;2-1-3/h4-8,16-17,20H,9-15H2,1-3H3;1H,(H,2,3)/t16-,17+,20-;/m1./s1. The van der Waals surface area contributed by atoms with Crippen LogP contribution in [-0.2, 0) is 27.3 Å². The highest BCUT2D eigenvalue weighted by molar-refractivity contribution is 5.76. The minimum Gasteiger partial charge on any atom is -0.483 e. The van der Waals surface area contributed by atoms with Crippen molar-refractivity contribution in [2.24, 2.45) is 0 Å². The summed E-state index contributed by atoms with van der Waals surface area (Å²) in [5, 5.41) is 15.5. The Morgan fingerprint density at radius 1 is 1.16 bits per heavy atom. The third-order valence-electron chi connectivity index (χ3n) is 5.87. The third kappa shape index (κ3) is 6.14. The smallest absolute Gasteiger partial charge is 0.290 e. The molecule has 1 aromatic carbocycles. The monoisotopic (exact) mass is 443 g/mol. The van der Waals surface area contributed by atoms with Crippen LogP contribution >= 0.6 is 0 Å². The first kappa shape index (κ1) is 23.9. The predicted molar refractivity (Wildman–Crippen MR) is 119 cm³/mol. The van der Waals surface area contributed by atoms with Crippen LogP contribution in [0.2, 0.25) is 0 Å². The van der Waals surface area contributed by atoms with E-state index in [2.05, 4.69) is 57.8 Å². The van der Waals surface area contributed by atoms with Crippen molar-refractivity contribution < 1.29 is 19.4 Å². The molecule has 9 nitrogen and oxygen atoms in total. The fourth-order valence-electron chi connectivity index (χ4n) is 4.68. The summed E-state index contributed by atoms with van der Waals surface area (Å²) in [4.78, 5) is 25.7. The average molecular weight is 444 g/mol. The largest absolute Gasteiger partial charge is 0.483 e. The number of nitrogens with zero attached hydrogens (tertiary/aromatic N) is 5. The summed E-state index contributed by atoms with van der Waals surface area (Å²) in [5.41, 5.74) is 1.27. The number of rotatable bonds is 5. The maximum Gasteiger partial charge on any atom is 0.290 e. The normalized spacial score (nSPS) is 23.1. The first-order chi connectivity index (χ1) is 15.4. The molecule has 1 saturated heterocycles. The summed E-state index contributed by atoms with van der Waals surface area (Å²) >= 11 is 0. The highest BCUT2D eigenvalue weighted by atomic mass is 16.5. The lowest BCUT2D eigenvalue weighted by atomic mass is 10.0. The number of benzene rings is 1. The summed E-state index contributed by atoms with van der Waals surface area (Å²) in [6, 6.07) is 10.6. The van der Waals surface area contributed by atoms with Crippen molar-refractivity contribution in [1.82, 2.24) is 24.6 Å². The SMILES string of the molecule is Cc1nnc2n1[C@H](Cc1ccccc1)CN(C(=O)CCN1C[C@@H](C)O[C@@H](C)C1)C2.O=CO. The Morgan fingerprint density at radius 3 is 2.47 bits per heavy atom. The van der Waals surface area contributed by atoms with E-state index in [-0.39, 0.29) is 30.6 Å². The summed E-state index contributed by atoms with van der Waals surface area (Å²) in [7, 11) is 0. The van der Waals surface area contributed by atoms with Crippen LogP contribution in [0.3, 0.4) is 0 Å². The number of carbonyl (C=O) groups excluding carboxylic acids is 1. The first-order valence-electron chi connectivity index (χ1n) is 11.1. The molecule has 32 heavy (non-hydrogen) atoms. The zero-order valence-electron chi connectivity index (χ0n) is 19.1. The molecule has 2 aliphatic rings. The summed E-state index contributed by atoms with van der Waals surface area (Å²) in [6.07, 6.45) is 1.85. The van der Waals surface area contributed by atoms with Crippen LogP contribution in [0.4, 0.5) is 0 Å². The topological polar surface area (TPSA) is 101 Å². The minimum absolute atomic E-state index is 0.170. The van der Waals surface area contributed by atoms with E-state index in [1.165, 1.54) is 5.56 Å². The number of carbonyl (C=O) groups is 2. The molecule has 1 fully saturated rings. The molecule has 1 aromatic heterocycles. The van der Waals surface area contributed by atoms with Gasteiger partial charge in [-0.15, -0.1) is 10.2 Å². The van der Waals surface area contributed by atoms with Gasteiger partial charge in [-0.25, -0.2) is 0 Å². The highest BCUT2D eigenvalue weighted by Crippen LogP contribution is 2.25.